The van der Waals surface area contributed by atoms with Crippen molar-refractivity contribution in [1.29, 1.82) is 0 Å². The van der Waals surface area contributed by atoms with E-state index >= 15 is 0 Å². The fraction of sp³-hybridized carbons (Fsp3) is 0.375. The molecule has 0 atom stereocenters. The number of fused-ring (bicyclic) bond motifs is 1. The van der Waals surface area contributed by atoms with Gasteiger partial charge in [-0.15, -0.1) is 0 Å². The molecule has 0 unspecified atom stereocenters. The molecule has 0 aliphatic carbocycles. The number of benzene rings is 1. The molecule has 0 saturated heterocycles. The van der Waals surface area contributed by atoms with E-state index in [9.17, 15) is 9.59 Å². The van der Waals surface area contributed by atoms with Gasteiger partial charge in [0, 0.05) is 42.1 Å². The number of hydrogen-bond donors (Lipinski definition) is 2. The van der Waals surface area contributed by atoms with E-state index in [1.54, 1.807) is 39.2 Å². The third-order valence-electron chi connectivity index (χ3n) is 4.65. The van der Waals surface area contributed by atoms with Crippen LogP contribution in [-0.2, 0) is 14.4 Å². The van der Waals surface area contributed by atoms with Gasteiger partial charge in [-0.3, -0.25) is 10.1 Å². The Labute approximate surface area is 198 Å². The van der Waals surface area contributed by atoms with Crippen molar-refractivity contribution >= 4 is 29.6 Å². The van der Waals surface area contributed by atoms with Crippen molar-refractivity contribution < 1.29 is 19.2 Å². The van der Waals surface area contributed by atoms with Gasteiger partial charge in [-0.05, 0) is 44.9 Å². The Morgan fingerprint density at radius 2 is 1.91 bits per heavy atom. The number of nitrogens with one attached hydrogen (secondary N) is 1. The first-order valence-corrected chi connectivity index (χ1v) is 11.0. The second-order valence-electron chi connectivity index (χ2n) is 8.71. The predicted octanol–water partition coefficient (Wildman–Crippen LogP) is 3.57. The van der Waals surface area contributed by atoms with Crippen molar-refractivity contribution in [3.05, 3.63) is 48.1 Å². The summed E-state index contributed by atoms with van der Waals surface area (Å²) in [6.07, 6.45) is 6.86. The van der Waals surface area contributed by atoms with Crippen molar-refractivity contribution in [1.82, 2.24) is 20.3 Å². The van der Waals surface area contributed by atoms with Crippen LogP contribution >= 0.6 is 0 Å². The van der Waals surface area contributed by atoms with Crippen LogP contribution in [0.15, 0.2) is 47.5 Å². The molecule has 0 spiro atoms. The van der Waals surface area contributed by atoms with Gasteiger partial charge in [0.15, 0.2) is 0 Å². The van der Waals surface area contributed by atoms with Crippen LogP contribution in [0.3, 0.4) is 0 Å². The second-order valence-corrected chi connectivity index (χ2v) is 8.71. The van der Waals surface area contributed by atoms with Crippen molar-refractivity contribution in [2.45, 2.75) is 46.1 Å². The fourth-order valence-corrected chi connectivity index (χ4v) is 3.23. The lowest BCUT2D eigenvalue weighted by molar-refractivity contribution is -0.184. The largest absolute Gasteiger partial charge is 0.444 e. The van der Waals surface area contributed by atoms with E-state index in [1.165, 1.54) is 11.4 Å². The number of hydroxylamine groups is 2. The van der Waals surface area contributed by atoms with E-state index in [0.29, 0.717) is 30.1 Å². The molecule has 180 valence electrons. The lowest BCUT2D eigenvalue weighted by atomic mass is 10.0. The minimum atomic E-state index is -0.633. The summed E-state index contributed by atoms with van der Waals surface area (Å²) < 4.78 is 5.18. The van der Waals surface area contributed by atoms with Crippen molar-refractivity contribution in [2.24, 2.45) is 10.7 Å². The number of aliphatic imine (C=N–C) groups is 1. The molecular formula is C24H30N6O4. The summed E-state index contributed by atoms with van der Waals surface area (Å²) in [5.41, 5.74) is 9.09. The van der Waals surface area contributed by atoms with Crippen molar-refractivity contribution in [3.8, 4) is 11.1 Å². The molecule has 1 aromatic heterocycles. The Balaban J connectivity index is 1.76. The lowest BCUT2D eigenvalue weighted by Crippen LogP contribution is -2.40. The molecule has 3 rings (SSSR count). The maximum atomic E-state index is 13.3. The van der Waals surface area contributed by atoms with Gasteiger partial charge in [-0.1, -0.05) is 19.1 Å². The number of alkyl carbamates (subject to hydrolysis) is 1. The Hall–Kier alpha value is -3.79. The molecule has 2 heterocycles. The minimum absolute atomic E-state index is 0.167. The SMILES string of the molecule is CCCN(OCNC(=O)OC(C)(C)C)C(=O)C1=Cc2ccc(-c3cncnc3)cc2N=C(N)C1. The minimum Gasteiger partial charge on any atom is -0.444 e. The summed E-state index contributed by atoms with van der Waals surface area (Å²) in [5.74, 6) is -0.0393. The Morgan fingerprint density at radius 3 is 2.59 bits per heavy atom. The fourth-order valence-electron chi connectivity index (χ4n) is 3.23. The average Bonchev–Trinajstić information content (AvgIpc) is 2.94. The monoisotopic (exact) mass is 466 g/mol. The van der Waals surface area contributed by atoms with E-state index in [0.717, 1.165) is 16.7 Å². The first-order valence-electron chi connectivity index (χ1n) is 11.0. The molecule has 0 saturated carbocycles. The van der Waals surface area contributed by atoms with Gasteiger partial charge in [0.05, 0.1) is 5.69 Å². The highest BCUT2D eigenvalue weighted by Gasteiger charge is 2.23. The van der Waals surface area contributed by atoms with E-state index in [-0.39, 0.29) is 19.1 Å². The van der Waals surface area contributed by atoms with Crippen molar-refractivity contribution in [2.75, 3.05) is 13.3 Å². The number of rotatable bonds is 7. The third kappa shape index (κ3) is 6.85. The lowest BCUT2D eigenvalue weighted by Gasteiger charge is -2.24. The number of carbonyl (C=O) groups excluding carboxylic acids is 2. The molecule has 1 aliphatic rings. The molecule has 2 amide bonds. The van der Waals surface area contributed by atoms with Gasteiger partial charge in [-0.2, -0.15) is 0 Å². The van der Waals surface area contributed by atoms with Crippen LogP contribution in [0.4, 0.5) is 10.5 Å². The predicted molar refractivity (Wildman–Crippen MR) is 129 cm³/mol. The molecule has 1 aromatic carbocycles. The van der Waals surface area contributed by atoms with Crippen LogP contribution in [0.2, 0.25) is 0 Å². The summed E-state index contributed by atoms with van der Waals surface area (Å²) in [6, 6.07) is 5.68. The number of aromatic nitrogens is 2. The summed E-state index contributed by atoms with van der Waals surface area (Å²) in [5, 5.41) is 3.71. The van der Waals surface area contributed by atoms with E-state index in [1.807, 2.05) is 25.1 Å². The standard InChI is InChI=1S/C24H30N6O4/c1-5-8-30(33-15-28-23(32)34-24(2,3)4)22(31)18-9-17-7-6-16(19-12-26-14-27-13-19)10-20(17)29-21(25)11-18/h6-7,9-10,12-14H,5,8,11,15H2,1-4H3,(H2,25,29)(H,28,32). The first kappa shape index (κ1) is 24.8. The summed E-state index contributed by atoms with van der Waals surface area (Å²) >= 11 is 0. The summed E-state index contributed by atoms with van der Waals surface area (Å²) in [7, 11) is 0. The zero-order valence-electron chi connectivity index (χ0n) is 19.9. The van der Waals surface area contributed by atoms with E-state index in [2.05, 4.69) is 20.3 Å². The Kier molecular flexibility index (Phi) is 7.95. The molecule has 2 aromatic rings. The molecule has 3 N–H and O–H groups in total. The number of ether oxygens (including phenoxy) is 1. The van der Waals surface area contributed by atoms with Crippen LogP contribution in [0.5, 0.6) is 0 Å². The first-order chi connectivity index (χ1) is 16.2. The molecule has 0 radical (unpaired) electrons. The van der Waals surface area contributed by atoms with Crippen LogP contribution in [-0.4, -0.2) is 51.7 Å². The van der Waals surface area contributed by atoms with Gasteiger partial charge < -0.3 is 10.5 Å². The number of hydrogen-bond acceptors (Lipinski definition) is 8. The van der Waals surface area contributed by atoms with Crippen LogP contribution in [0.25, 0.3) is 17.2 Å². The summed E-state index contributed by atoms with van der Waals surface area (Å²) in [6.45, 7) is 7.34. The van der Waals surface area contributed by atoms with Gasteiger partial charge in [0.2, 0.25) is 0 Å². The molecule has 10 nitrogen and oxygen atoms in total. The van der Waals surface area contributed by atoms with Gasteiger partial charge in [0.1, 0.15) is 24.5 Å². The average molecular weight is 467 g/mol. The number of nitrogens with two attached hydrogens (primary N) is 1. The van der Waals surface area contributed by atoms with Crippen molar-refractivity contribution in [3.63, 3.8) is 0 Å². The topological polar surface area (TPSA) is 132 Å². The maximum absolute atomic E-state index is 13.3. The van der Waals surface area contributed by atoms with Gasteiger partial charge in [0.25, 0.3) is 5.91 Å². The quantitative estimate of drug-likeness (QED) is 0.471. The van der Waals surface area contributed by atoms with Crippen LogP contribution < -0.4 is 11.1 Å². The van der Waals surface area contributed by atoms with Crippen LogP contribution in [0, 0.1) is 0 Å². The molecule has 0 bridgehead atoms. The highest BCUT2D eigenvalue weighted by Crippen LogP contribution is 2.31. The highest BCUT2D eigenvalue weighted by molar-refractivity contribution is 6.05. The van der Waals surface area contributed by atoms with Crippen LogP contribution in [0.1, 0.15) is 46.1 Å². The molecule has 10 heteroatoms. The zero-order valence-corrected chi connectivity index (χ0v) is 19.9. The maximum Gasteiger partial charge on any atom is 0.409 e. The number of amides is 2. The molecule has 0 fully saturated rings. The normalized spacial score (nSPS) is 13.2. The number of carbonyl (C=O) groups is 2. The summed E-state index contributed by atoms with van der Waals surface area (Å²) in [4.78, 5) is 43.3. The Morgan fingerprint density at radius 1 is 1.18 bits per heavy atom. The zero-order chi connectivity index (χ0) is 24.7. The highest BCUT2D eigenvalue weighted by atomic mass is 16.7. The Bertz CT molecular complexity index is 1090. The van der Waals surface area contributed by atoms with Gasteiger partial charge >= 0.3 is 6.09 Å². The van der Waals surface area contributed by atoms with Gasteiger partial charge in [-0.25, -0.2) is 29.7 Å². The van der Waals surface area contributed by atoms with E-state index in [4.69, 9.17) is 15.3 Å². The van der Waals surface area contributed by atoms with E-state index < -0.39 is 11.7 Å². The second kappa shape index (κ2) is 10.9. The molecule has 1 aliphatic heterocycles. The molecular weight excluding hydrogens is 436 g/mol. The number of amidine groups is 1. The smallest absolute Gasteiger partial charge is 0.409 e. The molecule has 34 heavy (non-hydrogen) atoms. The third-order valence-corrected chi connectivity index (χ3v) is 4.65. The number of nitrogens with zero attached hydrogens (tertiary/aromatic N) is 4.